The van der Waals surface area contributed by atoms with Crippen LogP contribution in [-0.2, 0) is 9.59 Å². The third kappa shape index (κ3) is 5.35. The third-order valence-electron chi connectivity index (χ3n) is 4.61. The minimum atomic E-state index is -0.179. The Bertz CT molecular complexity index is 1010. The molecule has 0 saturated carbocycles. The summed E-state index contributed by atoms with van der Waals surface area (Å²) in [6.45, 7) is 2.53. The van der Waals surface area contributed by atoms with Crippen LogP contribution >= 0.6 is 24.0 Å². The van der Waals surface area contributed by atoms with Crippen LogP contribution in [0.25, 0.3) is 6.08 Å². The lowest BCUT2D eigenvalue weighted by Gasteiger charge is -2.23. The number of para-hydroxylation sites is 1. The number of aryl methyl sites for hydroxylation is 1. The molecule has 1 heterocycles. The molecule has 0 spiro atoms. The van der Waals surface area contributed by atoms with Gasteiger partial charge in [0, 0.05) is 25.2 Å². The molecule has 7 heteroatoms. The summed E-state index contributed by atoms with van der Waals surface area (Å²) < 4.78 is 0.453. The molecule has 1 aliphatic heterocycles. The highest BCUT2D eigenvalue weighted by Crippen LogP contribution is 2.32. The van der Waals surface area contributed by atoms with Crippen molar-refractivity contribution in [3.8, 4) is 6.07 Å². The SMILES string of the molecule is Cc1ccc(/C=C2\SC(=S)N(CCC(=O)N(CCC#N)c3ccccc3)C2=O)cc1. The summed E-state index contributed by atoms with van der Waals surface area (Å²) in [6, 6.07) is 19.2. The lowest BCUT2D eigenvalue weighted by Crippen LogP contribution is -2.36. The normalized spacial score (nSPS) is 14.8. The van der Waals surface area contributed by atoms with E-state index in [4.69, 9.17) is 17.5 Å². The number of carbonyl (C=O) groups is 2. The van der Waals surface area contributed by atoms with Gasteiger partial charge in [0.25, 0.3) is 5.91 Å². The van der Waals surface area contributed by atoms with Crippen molar-refractivity contribution in [2.45, 2.75) is 19.8 Å². The summed E-state index contributed by atoms with van der Waals surface area (Å²) in [6.07, 6.45) is 2.19. The summed E-state index contributed by atoms with van der Waals surface area (Å²) in [5.74, 6) is -0.324. The minimum Gasteiger partial charge on any atom is -0.311 e. The molecular formula is C23H21N3O2S2. The molecule has 1 aliphatic rings. The molecule has 0 unspecified atom stereocenters. The van der Waals surface area contributed by atoms with Crippen LogP contribution in [0, 0.1) is 18.3 Å². The van der Waals surface area contributed by atoms with Gasteiger partial charge in [-0.3, -0.25) is 14.5 Å². The molecule has 2 aromatic rings. The summed E-state index contributed by atoms with van der Waals surface area (Å²) in [5, 5.41) is 8.91. The number of benzene rings is 2. The van der Waals surface area contributed by atoms with Crippen molar-refractivity contribution in [2.24, 2.45) is 0 Å². The lowest BCUT2D eigenvalue weighted by molar-refractivity contribution is -0.123. The van der Waals surface area contributed by atoms with Gasteiger partial charge in [-0.25, -0.2) is 0 Å². The number of hydrogen-bond donors (Lipinski definition) is 0. The van der Waals surface area contributed by atoms with Crippen molar-refractivity contribution in [3.05, 3.63) is 70.6 Å². The number of amides is 2. The zero-order valence-corrected chi connectivity index (χ0v) is 18.2. The van der Waals surface area contributed by atoms with Gasteiger partial charge in [-0.2, -0.15) is 5.26 Å². The predicted molar refractivity (Wildman–Crippen MR) is 125 cm³/mol. The van der Waals surface area contributed by atoms with E-state index in [1.165, 1.54) is 16.7 Å². The maximum absolute atomic E-state index is 12.8. The quantitative estimate of drug-likeness (QED) is 0.472. The number of thiocarbonyl (C=S) groups is 1. The van der Waals surface area contributed by atoms with Crippen LogP contribution in [0.3, 0.4) is 0 Å². The molecule has 5 nitrogen and oxygen atoms in total. The Labute approximate surface area is 186 Å². The molecule has 0 radical (unpaired) electrons. The van der Waals surface area contributed by atoms with Gasteiger partial charge < -0.3 is 4.90 Å². The van der Waals surface area contributed by atoms with Gasteiger partial charge in [-0.05, 0) is 30.7 Å². The molecule has 0 N–H and O–H groups in total. The topological polar surface area (TPSA) is 64.4 Å². The van der Waals surface area contributed by atoms with E-state index < -0.39 is 0 Å². The molecule has 1 saturated heterocycles. The van der Waals surface area contributed by atoms with E-state index in [-0.39, 0.29) is 31.2 Å². The van der Waals surface area contributed by atoms with Crippen LogP contribution in [-0.4, -0.2) is 34.1 Å². The van der Waals surface area contributed by atoms with Crippen LogP contribution in [0.2, 0.25) is 0 Å². The van der Waals surface area contributed by atoms with Gasteiger partial charge in [0.1, 0.15) is 4.32 Å². The average Bonchev–Trinajstić information content (AvgIpc) is 3.01. The molecule has 2 amide bonds. The van der Waals surface area contributed by atoms with E-state index in [0.717, 1.165) is 16.8 Å². The van der Waals surface area contributed by atoms with Gasteiger partial charge in [-0.1, -0.05) is 72.0 Å². The zero-order valence-electron chi connectivity index (χ0n) is 16.6. The van der Waals surface area contributed by atoms with Gasteiger partial charge in [0.05, 0.1) is 17.4 Å². The standard InChI is InChI=1S/C23H21N3O2S2/c1-17-8-10-18(11-9-17)16-20-22(28)26(23(29)30-20)15-12-21(27)25(14-5-13-24)19-6-3-2-4-7-19/h2-4,6-11,16H,5,12,14-15H2,1H3/b20-16-. The Morgan fingerprint density at radius 3 is 2.57 bits per heavy atom. The summed E-state index contributed by atoms with van der Waals surface area (Å²) in [7, 11) is 0. The van der Waals surface area contributed by atoms with Crippen molar-refractivity contribution < 1.29 is 9.59 Å². The fraction of sp³-hybridized carbons (Fsp3) is 0.217. The average molecular weight is 436 g/mol. The molecule has 3 rings (SSSR count). The largest absolute Gasteiger partial charge is 0.311 e. The first-order valence-electron chi connectivity index (χ1n) is 9.54. The molecule has 0 aromatic heterocycles. The van der Waals surface area contributed by atoms with Crippen LogP contribution in [0.1, 0.15) is 24.0 Å². The van der Waals surface area contributed by atoms with Crippen molar-refractivity contribution >= 4 is 51.9 Å². The van der Waals surface area contributed by atoms with E-state index >= 15 is 0 Å². The number of nitriles is 1. The maximum atomic E-state index is 12.8. The van der Waals surface area contributed by atoms with Gasteiger partial charge in [0.15, 0.2) is 0 Å². The summed E-state index contributed by atoms with van der Waals surface area (Å²) in [4.78, 5) is 29.3. The molecule has 30 heavy (non-hydrogen) atoms. The van der Waals surface area contributed by atoms with Crippen LogP contribution in [0.15, 0.2) is 59.5 Å². The monoisotopic (exact) mass is 435 g/mol. The van der Waals surface area contributed by atoms with E-state index in [0.29, 0.717) is 15.8 Å². The number of thioether (sulfide) groups is 1. The Morgan fingerprint density at radius 2 is 1.90 bits per heavy atom. The maximum Gasteiger partial charge on any atom is 0.266 e. The van der Waals surface area contributed by atoms with E-state index in [2.05, 4.69) is 6.07 Å². The van der Waals surface area contributed by atoms with Gasteiger partial charge in [-0.15, -0.1) is 0 Å². The molecule has 0 bridgehead atoms. The second-order valence-corrected chi connectivity index (χ2v) is 8.46. The van der Waals surface area contributed by atoms with E-state index in [1.807, 2.05) is 67.6 Å². The number of nitrogens with zero attached hydrogens (tertiary/aromatic N) is 3. The van der Waals surface area contributed by atoms with Crippen molar-refractivity contribution in [3.63, 3.8) is 0 Å². The van der Waals surface area contributed by atoms with Gasteiger partial charge >= 0.3 is 0 Å². The number of rotatable bonds is 7. The number of anilines is 1. The minimum absolute atomic E-state index is 0.130. The van der Waals surface area contributed by atoms with E-state index in [1.54, 1.807) is 4.90 Å². The smallest absolute Gasteiger partial charge is 0.266 e. The molecule has 0 atom stereocenters. The van der Waals surface area contributed by atoms with Crippen LogP contribution in [0.5, 0.6) is 0 Å². The Kier molecular flexibility index (Phi) is 7.39. The van der Waals surface area contributed by atoms with Gasteiger partial charge in [0.2, 0.25) is 5.91 Å². The highest BCUT2D eigenvalue weighted by atomic mass is 32.2. The first-order chi connectivity index (χ1) is 14.5. The Balaban J connectivity index is 1.67. The predicted octanol–water partition coefficient (Wildman–Crippen LogP) is 4.53. The second-order valence-electron chi connectivity index (χ2n) is 6.78. The molecule has 0 aliphatic carbocycles. The summed E-state index contributed by atoms with van der Waals surface area (Å²) in [5.41, 5.74) is 2.82. The highest BCUT2D eigenvalue weighted by molar-refractivity contribution is 8.26. The van der Waals surface area contributed by atoms with Crippen LogP contribution < -0.4 is 4.90 Å². The Morgan fingerprint density at radius 1 is 1.20 bits per heavy atom. The number of hydrogen-bond acceptors (Lipinski definition) is 5. The molecule has 1 fully saturated rings. The first kappa shape index (κ1) is 21.8. The fourth-order valence-corrected chi connectivity index (χ4v) is 4.33. The van der Waals surface area contributed by atoms with Crippen molar-refractivity contribution in [2.75, 3.05) is 18.0 Å². The van der Waals surface area contributed by atoms with Crippen LogP contribution in [0.4, 0.5) is 5.69 Å². The van der Waals surface area contributed by atoms with Crippen molar-refractivity contribution in [1.29, 1.82) is 5.26 Å². The van der Waals surface area contributed by atoms with Crippen molar-refractivity contribution in [1.82, 2.24) is 4.90 Å². The first-order valence-corrected chi connectivity index (χ1v) is 10.8. The third-order valence-corrected chi connectivity index (χ3v) is 5.99. The zero-order chi connectivity index (χ0) is 21.5. The highest BCUT2D eigenvalue weighted by Gasteiger charge is 2.32. The second kappa shape index (κ2) is 10.2. The molecule has 2 aromatic carbocycles. The Hall–Kier alpha value is -2.95. The van der Waals surface area contributed by atoms with E-state index in [9.17, 15) is 9.59 Å². The number of carbonyl (C=O) groups excluding carboxylic acids is 2. The molecular weight excluding hydrogens is 414 g/mol. The summed E-state index contributed by atoms with van der Waals surface area (Å²) >= 11 is 6.62. The molecule has 152 valence electrons. The fourth-order valence-electron chi connectivity index (χ4n) is 3.02. The lowest BCUT2D eigenvalue weighted by atomic mass is 10.1.